The van der Waals surface area contributed by atoms with Gasteiger partial charge in [0.15, 0.2) is 0 Å². The van der Waals surface area contributed by atoms with Gasteiger partial charge in [-0.05, 0) is 45.9 Å². The van der Waals surface area contributed by atoms with E-state index in [4.69, 9.17) is 9.98 Å². The van der Waals surface area contributed by atoms with Gasteiger partial charge in [-0.1, -0.05) is 106 Å². The van der Waals surface area contributed by atoms with Crippen molar-refractivity contribution in [2.75, 3.05) is 0 Å². The number of hydrogen-bond donors (Lipinski definition) is 0. The summed E-state index contributed by atoms with van der Waals surface area (Å²) in [6.07, 6.45) is 2.11. The Bertz CT molecular complexity index is 1020. The minimum atomic E-state index is 0. The largest absolute Gasteiger partial charge is 2.00 e. The van der Waals surface area contributed by atoms with E-state index in [1.807, 2.05) is 30.3 Å². The Morgan fingerprint density at radius 1 is 0.553 bits per heavy atom. The molecule has 3 rings (SSSR count). The van der Waals surface area contributed by atoms with E-state index >= 15 is 0 Å². The monoisotopic (exact) mass is 549 g/mol. The first-order valence-corrected chi connectivity index (χ1v) is 13.6. The fourth-order valence-corrected chi connectivity index (χ4v) is 4.34. The molecule has 0 aliphatic heterocycles. The molecule has 3 aromatic carbocycles. The fraction of sp³-hybridized carbons (Fsp3) is 0.400. The standard InChI is InChI=1S/C29H41N2.C6H5.Mn/c1-18(2)24-13-11-14-25(19(3)4)28(24)30-22(9)17-23(10)31-29-26(20(5)6)15-12-16-27(29)21(7)8;1-2-4-6-5-3-1;/h11-21H,1-10H3;1-5H;/q2*-1;+2. The third kappa shape index (κ3) is 9.93. The van der Waals surface area contributed by atoms with Gasteiger partial charge in [0.1, 0.15) is 0 Å². The summed E-state index contributed by atoms with van der Waals surface area (Å²) in [5.74, 6) is 1.75. The molecule has 3 aromatic rings. The smallest absolute Gasteiger partial charge is 0.306 e. The van der Waals surface area contributed by atoms with Crippen molar-refractivity contribution in [3.63, 3.8) is 0 Å². The van der Waals surface area contributed by atoms with Crippen LogP contribution in [0.1, 0.15) is 115 Å². The Labute approximate surface area is 243 Å². The molecule has 0 saturated carbocycles. The molecule has 38 heavy (non-hydrogen) atoms. The Hall–Kier alpha value is -2.61. The van der Waals surface area contributed by atoms with E-state index < -0.39 is 0 Å². The molecule has 0 aliphatic carbocycles. The van der Waals surface area contributed by atoms with Crippen molar-refractivity contribution in [3.8, 4) is 0 Å². The van der Waals surface area contributed by atoms with Crippen molar-refractivity contribution in [2.24, 2.45) is 9.98 Å². The van der Waals surface area contributed by atoms with Gasteiger partial charge in [0.25, 0.3) is 0 Å². The van der Waals surface area contributed by atoms with Gasteiger partial charge in [-0.25, -0.2) is 0 Å². The zero-order chi connectivity index (χ0) is 27.5. The van der Waals surface area contributed by atoms with Crippen LogP contribution < -0.4 is 0 Å². The van der Waals surface area contributed by atoms with Crippen LogP contribution in [0, 0.1) is 12.5 Å². The van der Waals surface area contributed by atoms with Gasteiger partial charge in [-0.3, -0.25) is 9.98 Å². The van der Waals surface area contributed by atoms with Crippen LogP contribution in [0.15, 0.2) is 76.7 Å². The van der Waals surface area contributed by atoms with E-state index in [2.05, 4.69) is 118 Å². The molecule has 0 unspecified atom stereocenters. The minimum absolute atomic E-state index is 0. The second-order valence-corrected chi connectivity index (χ2v) is 10.9. The summed E-state index contributed by atoms with van der Waals surface area (Å²) in [6, 6.07) is 25.6. The van der Waals surface area contributed by atoms with E-state index in [0.717, 1.165) is 22.8 Å². The molecule has 0 bridgehead atoms. The van der Waals surface area contributed by atoms with Gasteiger partial charge in [0.05, 0.1) is 11.4 Å². The first-order chi connectivity index (χ1) is 17.5. The maximum atomic E-state index is 5.08. The molecule has 2 nitrogen and oxygen atoms in total. The second kappa shape index (κ2) is 16.4. The average molecular weight is 550 g/mol. The van der Waals surface area contributed by atoms with Gasteiger partial charge in [-0.2, -0.15) is 36.4 Å². The second-order valence-electron chi connectivity index (χ2n) is 10.9. The van der Waals surface area contributed by atoms with Crippen LogP contribution in [0.3, 0.4) is 0 Å². The maximum Gasteiger partial charge on any atom is 2.00 e. The summed E-state index contributed by atoms with van der Waals surface area (Å²) >= 11 is 0. The van der Waals surface area contributed by atoms with Gasteiger partial charge in [0.2, 0.25) is 0 Å². The Morgan fingerprint density at radius 3 is 1.08 bits per heavy atom. The Balaban J connectivity index is 0.000000904. The molecule has 203 valence electrons. The summed E-state index contributed by atoms with van der Waals surface area (Å²) in [7, 11) is 0. The van der Waals surface area contributed by atoms with Gasteiger partial charge >= 0.3 is 17.1 Å². The number of hydrogen-bond acceptors (Lipinski definition) is 2. The van der Waals surface area contributed by atoms with Crippen molar-refractivity contribution < 1.29 is 17.1 Å². The van der Waals surface area contributed by atoms with E-state index in [-0.39, 0.29) is 17.1 Å². The van der Waals surface area contributed by atoms with Gasteiger partial charge in [-0.15, -0.1) is 11.4 Å². The summed E-state index contributed by atoms with van der Waals surface area (Å²) in [5.41, 5.74) is 9.45. The van der Waals surface area contributed by atoms with Crippen LogP contribution in [0.5, 0.6) is 0 Å². The van der Waals surface area contributed by atoms with Crippen molar-refractivity contribution >= 4 is 22.8 Å². The van der Waals surface area contributed by atoms with Crippen LogP contribution in [-0.4, -0.2) is 11.4 Å². The zero-order valence-corrected chi connectivity index (χ0v) is 26.2. The predicted molar refractivity (Wildman–Crippen MR) is 164 cm³/mol. The summed E-state index contributed by atoms with van der Waals surface area (Å²) in [6.45, 7) is 22.1. The van der Waals surface area contributed by atoms with Crippen LogP contribution in [-0.2, 0) is 17.1 Å². The number of nitrogens with zero attached hydrogens (tertiary/aromatic N) is 2. The molecule has 0 fully saturated rings. The predicted octanol–water partition coefficient (Wildman–Crippen LogP) is 10.8. The maximum absolute atomic E-state index is 5.08. The average Bonchev–Trinajstić information content (AvgIpc) is 2.85. The molecule has 0 aromatic heterocycles. The summed E-state index contributed by atoms with van der Waals surface area (Å²) in [4.78, 5) is 10.2. The molecular formula is C35H46MnN2. The summed E-state index contributed by atoms with van der Waals surface area (Å²) < 4.78 is 0. The number of para-hydroxylation sites is 2. The minimum Gasteiger partial charge on any atom is -0.306 e. The van der Waals surface area contributed by atoms with Gasteiger partial charge in [0, 0.05) is 0 Å². The SMILES string of the molecule is CC([CH-]C(C)=Nc1c(C(C)C)cccc1C(C)C)=Nc1c(C(C)C)cccc1C(C)C.[Mn+2].[c-]1ccccc1. The van der Waals surface area contributed by atoms with E-state index in [1.165, 1.54) is 22.3 Å². The molecule has 0 amide bonds. The normalized spacial score (nSPS) is 11.9. The molecule has 1 radical (unpaired) electrons. The fourth-order valence-electron chi connectivity index (χ4n) is 4.34. The van der Waals surface area contributed by atoms with Crippen LogP contribution >= 0.6 is 0 Å². The van der Waals surface area contributed by atoms with Crippen LogP contribution in [0.2, 0.25) is 0 Å². The molecule has 0 N–H and O–H groups in total. The molecule has 0 atom stereocenters. The molecular weight excluding hydrogens is 503 g/mol. The van der Waals surface area contributed by atoms with Crippen LogP contribution in [0.25, 0.3) is 0 Å². The van der Waals surface area contributed by atoms with E-state index in [1.54, 1.807) is 0 Å². The topological polar surface area (TPSA) is 24.7 Å². The first-order valence-electron chi connectivity index (χ1n) is 13.6. The quantitative estimate of drug-likeness (QED) is 0.152. The molecule has 0 heterocycles. The third-order valence-corrected chi connectivity index (χ3v) is 6.29. The molecule has 3 heteroatoms. The van der Waals surface area contributed by atoms with Crippen molar-refractivity contribution in [3.05, 3.63) is 101 Å². The number of rotatable bonds is 8. The first kappa shape index (κ1) is 33.4. The van der Waals surface area contributed by atoms with Crippen LogP contribution in [0.4, 0.5) is 11.4 Å². The Kier molecular flexibility index (Phi) is 14.4. The van der Waals surface area contributed by atoms with E-state index in [9.17, 15) is 0 Å². The number of benzene rings is 3. The Morgan fingerprint density at radius 2 is 0.868 bits per heavy atom. The van der Waals surface area contributed by atoms with E-state index in [0.29, 0.717) is 23.7 Å². The molecule has 0 aliphatic rings. The van der Waals surface area contributed by atoms with Crippen molar-refractivity contribution in [2.45, 2.75) is 92.9 Å². The molecule has 0 saturated heterocycles. The van der Waals surface area contributed by atoms with Crippen molar-refractivity contribution in [1.82, 2.24) is 0 Å². The zero-order valence-electron chi connectivity index (χ0n) is 25.0. The number of aliphatic imine (C=N–C) groups is 2. The van der Waals surface area contributed by atoms with Gasteiger partial charge < -0.3 is 6.42 Å². The third-order valence-electron chi connectivity index (χ3n) is 6.29. The van der Waals surface area contributed by atoms with Crippen molar-refractivity contribution in [1.29, 1.82) is 0 Å². The molecule has 0 spiro atoms. The summed E-state index contributed by atoms with van der Waals surface area (Å²) in [5, 5.41) is 0.